The van der Waals surface area contributed by atoms with E-state index < -0.39 is 5.54 Å². The van der Waals surface area contributed by atoms with Gasteiger partial charge in [0.1, 0.15) is 5.54 Å². The number of aliphatic imine (C=N–C) groups is 1. The highest BCUT2D eigenvalue weighted by Crippen LogP contribution is 2.17. The molecular formula is C11H21N3O2. The van der Waals surface area contributed by atoms with Crippen LogP contribution in [-0.4, -0.2) is 37.2 Å². The van der Waals surface area contributed by atoms with E-state index in [1.807, 2.05) is 13.8 Å². The van der Waals surface area contributed by atoms with E-state index in [-0.39, 0.29) is 12.0 Å². The van der Waals surface area contributed by atoms with E-state index in [1.165, 1.54) is 0 Å². The lowest BCUT2D eigenvalue weighted by Gasteiger charge is -2.27. The smallest absolute Gasteiger partial charge is 0.254 e. The zero-order chi connectivity index (χ0) is 12.3. The van der Waals surface area contributed by atoms with Crippen LogP contribution in [0.15, 0.2) is 4.99 Å². The maximum Gasteiger partial charge on any atom is 0.254 e. The molecule has 2 atom stereocenters. The van der Waals surface area contributed by atoms with Crippen LogP contribution >= 0.6 is 0 Å². The number of nitrogens with zero attached hydrogens (tertiary/aromatic N) is 1. The summed E-state index contributed by atoms with van der Waals surface area (Å²) in [6, 6.07) is 0. The molecule has 1 amide bonds. The second-order valence-corrected chi connectivity index (χ2v) is 4.74. The number of carbonyl (C=O) groups is 1. The molecule has 1 aliphatic heterocycles. The van der Waals surface area contributed by atoms with Gasteiger partial charge < -0.3 is 10.1 Å². The minimum Gasteiger partial charge on any atom is -0.379 e. The molecule has 16 heavy (non-hydrogen) atoms. The summed E-state index contributed by atoms with van der Waals surface area (Å²) < 4.78 is 5.20. The fourth-order valence-corrected chi connectivity index (χ4v) is 1.45. The Morgan fingerprint density at radius 3 is 2.56 bits per heavy atom. The molecule has 2 unspecified atom stereocenters. The topological polar surface area (TPSA) is 62.7 Å². The zero-order valence-electron chi connectivity index (χ0n) is 10.6. The van der Waals surface area contributed by atoms with Gasteiger partial charge in [-0.2, -0.15) is 0 Å². The fourth-order valence-electron chi connectivity index (χ4n) is 1.45. The van der Waals surface area contributed by atoms with Gasteiger partial charge in [0, 0.05) is 13.7 Å². The number of hydrogen-bond acceptors (Lipinski definition) is 3. The molecule has 0 aromatic rings. The highest BCUT2D eigenvalue weighted by Gasteiger charge is 2.45. The predicted octanol–water partition coefficient (Wildman–Crippen LogP) is 0.511. The van der Waals surface area contributed by atoms with Crippen LogP contribution in [-0.2, 0) is 9.53 Å². The van der Waals surface area contributed by atoms with E-state index in [0.717, 1.165) is 0 Å². The molecular weight excluding hydrogens is 206 g/mol. The second-order valence-electron chi connectivity index (χ2n) is 4.74. The number of amides is 1. The van der Waals surface area contributed by atoms with Crippen molar-refractivity contribution in [3.63, 3.8) is 0 Å². The molecule has 1 heterocycles. The lowest BCUT2D eigenvalue weighted by Crippen LogP contribution is -2.53. The number of nitrogens with one attached hydrogen (secondary N) is 2. The Hall–Kier alpha value is -1.10. The van der Waals surface area contributed by atoms with Crippen molar-refractivity contribution >= 4 is 11.9 Å². The maximum absolute atomic E-state index is 11.8. The van der Waals surface area contributed by atoms with Gasteiger partial charge in [-0.15, -0.1) is 0 Å². The molecule has 0 aromatic carbocycles. The third-order valence-corrected chi connectivity index (χ3v) is 2.86. The SMILES string of the molecule is COC(C)C1(C)NC(=NCC(C)C)NC1=O. The van der Waals surface area contributed by atoms with Crippen LogP contribution in [0.1, 0.15) is 27.7 Å². The Kier molecular flexibility index (Phi) is 3.91. The van der Waals surface area contributed by atoms with Gasteiger partial charge in [0.2, 0.25) is 0 Å². The largest absolute Gasteiger partial charge is 0.379 e. The molecule has 0 aliphatic carbocycles. The van der Waals surface area contributed by atoms with E-state index in [4.69, 9.17) is 4.74 Å². The van der Waals surface area contributed by atoms with Crippen LogP contribution in [0.4, 0.5) is 0 Å². The number of ether oxygens (including phenoxy) is 1. The van der Waals surface area contributed by atoms with Crippen molar-refractivity contribution in [2.24, 2.45) is 10.9 Å². The van der Waals surface area contributed by atoms with Crippen molar-refractivity contribution in [3.05, 3.63) is 0 Å². The molecule has 0 saturated carbocycles. The molecule has 1 saturated heterocycles. The number of methoxy groups -OCH3 is 1. The van der Waals surface area contributed by atoms with Gasteiger partial charge in [-0.3, -0.25) is 15.1 Å². The molecule has 1 fully saturated rings. The normalized spacial score (nSPS) is 29.4. The van der Waals surface area contributed by atoms with Crippen LogP contribution in [0.2, 0.25) is 0 Å². The highest BCUT2D eigenvalue weighted by molar-refractivity contribution is 6.09. The van der Waals surface area contributed by atoms with Gasteiger partial charge in [-0.05, 0) is 19.8 Å². The van der Waals surface area contributed by atoms with Gasteiger partial charge in [0.05, 0.1) is 6.10 Å². The van der Waals surface area contributed by atoms with Crippen molar-refractivity contribution < 1.29 is 9.53 Å². The first-order valence-electron chi connectivity index (χ1n) is 5.57. The Balaban J connectivity index is 2.73. The summed E-state index contributed by atoms with van der Waals surface area (Å²) in [4.78, 5) is 16.1. The van der Waals surface area contributed by atoms with Crippen LogP contribution in [0.3, 0.4) is 0 Å². The summed E-state index contributed by atoms with van der Waals surface area (Å²) in [6.07, 6.45) is -0.209. The molecule has 2 N–H and O–H groups in total. The Labute approximate surface area is 96.7 Å². The first-order chi connectivity index (χ1) is 7.40. The molecule has 1 rings (SSSR count). The minimum absolute atomic E-state index is 0.0932. The maximum atomic E-state index is 11.8. The number of hydrogen-bond donors (Lipinski definition) is 2. The van der Waals surface area contributed by atoms with Crippen LogP contribution in [0.25, 0.3) is 0 Å². The van der Waals surface area contributed by atoms with Crippen molar-refractivity contribution in [2.45, 2.75) is 39.3 Å². The molecule has 0 aromatic heterocycles. The first-order valence-corrected chi connectivity index (χ1v) is 5.57. The average molecular weight is 227 g/mol. The van der Waals surface area contributed by atoms with E-state index in [9.17, 15) is 4.79 Å². The summed E-state index contributed by atoms with van der Waals surface area (Å²) in [7, 11) is 1.59. The van der Waals surface area contributed by atoms with Gasteiger partial charge in [0.25, 0.3) is 5.91 Å². The van der Waals surface area contributed by atoms with Gasteiger partial charge in [-0.25, -0.2) is 0 Å². The van der Waals surface area contributed by atoms with E-state index in [1.54, 1.807) is 7.11 Å². The molecule has 5 nitrogen and oxygen atoms in total. The van der Waals surface area contributed by atoms with E-state index in [0.29, 0.717) is 18.4 Å². The lowest BCUT2D eigenvalue weighted by molar-refractivity contribution is -0.127. The first kappa shape index (κ1) is 13.0. The second kappa shape index (κ2) is 4.82. The molecule has 5 heteroatoms. The summed E-state index contributed by atoms with van der Waals surface area (Å²) >= 11 is 0. The minimum atomic E-state index is -0.732. The monoisotopic (exact) mass is 227 g/mol. The number of rotatable bonds is 4. The van der Waals surface area contributed by atoms with Crippen molar-refractivity contribution in [1.29, 1.82) is 0 Å². The van der Waals surface area contributed by atoms with Crippen molar-refractivity contribution in [2.75, 3.05) is 13.7 Å². The third kappa shape index (κ3) is 2.52. The van der Waals surface area contributed by atoms with Gasteiger partial charge >= 0.3 is 0 Å². The van der Waals surface area contributed by atoms with Crippen LogP contribution in [0, 0.1) is 5.92 Å². The number of carbonyl (C=O) groups excluding carboxylic acids is 1. The van der Waals surface area contributed by atoms with Gasteiger partial charge in [-0.1, -0.05) is 13.8 Å². The van der Waals surface area contributed by atoms with Crippen LogP contribution < -0.4 is 10.6 Å². The number of guanidine groups is 1. The molecule has 92 valence electrons. The van der Waals surface area contributed by atoms with Crippen molar-refractivity contribution in [1.82, 2.24) is 10.6 Å². The van der Waals surface area contributed by atoms with E-state index >= 15 is 0 Å². The molecule has 0 spiro atoms. The standard InChI is InChI=1S/C11H21N3O2/c1-7(2)6-12-10-13-9(15)11(4,14-10)8(3)16-5/h7-8H,6H2,1-5H3,(H2,12,13,14,15). The molecule has 0 bridgehead atoms. The fraction of sp³-hybridized carbons (Fsp3) is 0.818. The third-order valence-electron chi connectivity index (χ3n) is 2.86. The quantitative estimate of drug-likeness (QED) is 0.735. The summed E-state index contributed by atoms with van der Waals surface area (Å²) in [5, 5.41) is 5.82. The van der Waals surface area contributed by atoms with Crippen molar-refractivity contribution in [3.8, 4) is 0 Å². The Morgan fingerprint density at radius 2 is 2.06 bits per heavy atom. The zero-order valence-corrected chi connectivity index (χ0v) is 10.6. The van der Waals surface area contributed by atoms with Gasteiger partial charge in [0.15, 0.2) is 5.96 Å². The Morgan fingerprint density at radius 1 is 1.44 bits per heavy atom. The highest BCUT2D eigenvalue weighted by atomic mass is 16.5. The van der Waals surface area contributed by atoms with E-state index in [2.05, 4.69) is 29.5 Å². The van der Waals surface area contributed by atoms with Crippen LogP contribution in [0.5, 0.6) is 0 Å². The summed E-state index contributed by atoms with van der Waals surface area (Å²) in [6.45, 7) is 8.53. The molecule has 1 aliphatic rings. The lowest BCUT2D eigenvalue weighted by atomic mass is 9.96. The molecule has 0 radical (unpaired) electrons. The summed E-state index contributed by atoms with van der Waals surface area (Å²) in [5.41, 5.74) is -0.732. The summed E-state index contributed by atoms with van der Waals surface area (Å²) in [5.74, 6) is 0.923. The average Bonchev–Trinajstić information content (AvgIpc) is 2.52. The predicted molar refractivity (Wildman–Crippen MR) is 63.3 cm³/mol. The Bertz CT molecular complexity index is 302.